The van der Waals surface area contributed by atoms with E-state index in [0.717, 1.165) is 18.8 Å². The second-order valence-electron chi connectivity index (χ2n) is 8.38. The van der Waals surface area contributed by atoms with Crippen LogP contribution >= 0.6 is 0 Å². The summed E-state index contributed by atoms with van der Waals surface area (Å²) in [5.41, 5.74) is -1.63. The number of ketones is 2. The Morgan fingerprint density at radius 3 is 2.77 bits per heavy atom. The van der Waals surface area contributed by atoms with Gasteiger partial charge in [-0.3, -0.25) is 19.3 Å². The van der Waals surface area contributed by atoms with E-state index in [9.17, 15) is 19.5 Å². The standard InChI is InChI=1S/C20H27NO5/c1-2-3-4-16(23)20-10-26-11-21(20)19(25)17(18(20)24)15(22)9-14-8-12-5-6-13(14)7-12/h12-14,24H,2-11H2,1H3/t12?,13?,14?,20-/m0/s1. The number of hydrogen-bond acceptors (Lipinski definition) is 5. The van der Waals surface area contributed by atoms with Gasteiger partial charge in [-0.05, 0) is 43.4 Å². The van der Waals surface area contributed by atoms with Crippen molar-refractivity contribution in [2.45, 2.75) is 63.8 Å². The quantitative estimate of drug-likeness (QED) is 0.705. The van der Waals surface area contributed by atoms with Crippen molar-refractivity contribution in [3.8, 4) is 0 Å². The largest absolute Gasteiger partial charge is 0.508 e. The van der Waals surface area contributed by atoms with Gasteiger partial charge in [-0.15, -0.1) is 0 Å². The summed E-state index contributed by atoms with van der Waals surface area (Å²) < 4.78 is 5.34. The van der Waals surface area contributed by atoms with Crippen LogP contribution in [0.1, 0.15) is 58.3 Å². The summed E-state index contributed by atoms with van der Waals surface area (Å²) >= 11 is 0. The Kier molecular flexibility index (Phi) is 4.41. The normalized spacial score (nSPS) is 35.5. The zero-order valence-electron chi connectivity index (χ0n) is 15.3. The molecule has 0 spiro atoms. The van der Waals surface area contributed by atoms with E-state index in [0.29, 0.717) is 24.7 Å². The van der Waals surface area contributed by atoms with Crippen LogP contribution in [0.4, 0.5) is 0 Å². The Labute approximate surface area is 153 Å². The van der Waals surface area contributed by atoms with Crippen molar-refractivity contribution in [2.24, 2.45) is 17.8 Å². The first-order valence-corrected chi connectivity index (χ1v) is 9.89. The van der Waals surface area contributed by atoms with Gasteiger partial charge in [0, 0.05) is 12.8 Å². The van der Waals surface area contributed by atoms with Gasteiger partial charge in [0.25, 0.3) is 5.91 Å². The molecule has 26 heavy (non-hydrogen) atoms. The van der Waals surface area contributed by atoms with Gasteiger partial charge in [0.05, 0.1) is 6.61 Å². The van der Waals surface area contributed by atoms with Gasteiger partial charge >= 0.3 is 0 Å². The molecule has 2 bridgehead atoms. The van der Waals surface area contributed by atoms with Crippen LogP contribution in [0.3, 0.4) is 0 Å². The maximum atomic E-state index is 12.9. The van der Waals surface area contributed by atoms with Crippen molar-refractivity contribution in [3.05, 3.63) is 11.3 Å². The summed E-state index contributed by atoms with van der Waals surface area (Å²) in [6, 6.07) is 0. The van der Waals surface area contributed by atoms with Crippen LogP contribution in [0.15, 0.2) is 11.3 Å². The van der Waals surface area contributed by atoms with Gasteiger partial charge in [-0.25, -0.2) is 0 Å². The van der Waals surface area contributed by atoms with Gasteiger partial charge in [0.15, 0.2) is 17.1 Å². The van der Waals surface area contributed by atoms with Crippen molar-refractivity contribution in [1.29, 1.82) is 0 Å². The van der Waals surface area contributed by atoms with E-state index in [1.807, 2.05) is 6.92 Å². The van der Waals surface area contributed by atoms with Crippen LogP contribution in [-0.4, -0.2) is 46.4 Å². The number of carbonyl (C=O) groups excluding carboxylic acids is 3. The Morgan fingerprint density at radius 2 is 2.12 bits per heavy atom. The fourth-order valence-corrected chi connectivity index (χ4v) is 5.47. The van der Waals surface area contributed by atoms with E-state index in [-0.39, 0.29) is 42.7 Å². The highest BCUT2D eigenvalue weighted by molar-refractivity contribution is 6.24. The predicted molar refractivity (Wildman–Crippen MR) is 93.1 cm³/mol. The molecule has 1 amide bonds. The summed E-state index contributed by atoms with van der Waals surface area (Å²) in [7, 11) is 0. The molecule has 2 aliphatic heterocycles. The smallest absolute Gasteiger partial charge is 0.264 e. The number of rotatable bonds is 7. The first kappa shape index (κ1) is 17.7. The van der Waals surface area contributed by atoms with Crippen LogP contribution < -0.4 is 0 Å². The molecular weight excluding hydrogens is 334 g/mol. The fraction of sp³-hybridized carbons (Fsp3) is 0.750. The van der Waals surface area contributed by atoms with Crippen LogP contribution in [0.2, 0.25) is 0 Å². The molecule has 2 heterocycles. The topological polar surface area (TPSA) is 83.9 Å². The lowest BCUT2D eigenvalue weighted by Gasteiger charge is -2.28. The molecular formula is C20H27NO5. The fourth-order valence-electron chi connectivity index (χ4n) is 5.47. The summed E-state index contributed by atoms with van der Waals surface area (Å²) in [6.07, 6.45) is 6.76. The molecule has 4 atom stereocenters. The molecule has 6 heteroatoms. The van der Waals surface area contributed by atoms with Gasteiger partial charge in [0.1, 0.15) is 18.1 Å². The number of carbonyl (C=O) groups is 3. The lowest BCUT2D eigenvalue weighted by molar-refractivity contribution is -0.138. The zero-order valence-corrected chi connectivity index (χ0v) is 15.3. The predicted octanol–water partition coefficient (Wildman–Crippen LogP) is 2.52. The van der Waals surface area contributed by atoms with Crippen molar-refractivity contribution >= 4 is 17.5 Å². The highest BCUT2D eigenvalue weighted by atomic mass is 16.5. The Hall–Kier alpha value is -1.69. The molecule has 6 nitrogen and oxygen atoms in total. The third kappa shape index (κ3) is 2.45. The van der Waals surface area contributed by atoms with Gasteiger partial charge in [0.2, 0.25) is 0 Å². The molecule has 4 rings (SSSR count). The second kappa shape index (κ2) is 6.48. The molecule has 0 radical (unpaired) electrons. The summed E-state index contributed by atoms with van der Waals surface area (Å²) in [4.78, 5) is 39.8. The molecule has 4 aliphatic rings. The average molecular weight is 361 g/mol. The minimum absolute atomic E-state index is 0.0499. The summed E-state index contributed by atoms with van der Waals surface area (Å²) in [5.74, 6) is 0.164. The maximum Gasteiger partial charge on any atom is 0.264 e. The summed E-state index contributed by atoms with van der Waals surface area (Å²) in [6.45, 7) is 1.87. The highest BCUT2D eigenvalue weighted by Gasteiger charge is 2.61. The second-order valence-corrected chi connectivity index (χ2v) is 8.38. The van der Waals surface area contributed by atoms with Gasteiger partial charge < -0.3 is 9.84 Å². The Balaban J connectivity index is 1.58. The lowest BCUT2D eigenvalue weighted by atomic mass is 9.83. The number of hydrogen-bond donors (Lipinski definition) is 1. The average Bonchev–Trinajstić information content (AvgIpc) is 3.36. The number of nitrogens with zero attached hydrogens (tertiary/aromatic N) is 1. The molecule has 1 N–H and O–H groups in total. The highest BCUT2D eigenvalue weighted by Crippen LogP contribution is 2.50. The number of fused-ring (bicyclic) bond motifs is 3. The monoisotopic (exact) mass is 361 g/mol. The molecule has 3 fully saturated rings. The third-order valence-electron chi connectivity index (χ3n) is 6.91. The molecule has 1 saturated heterocycles. The summed E-state index contributed by atoms with van der Waals surface area (Å²) in [5, 5.41) is 10.8. The minimum atomic E-state index is -1.47. The van der Waals surface area contributed by atoms with Crippen molar-refractivity contribution in [3.63, 3.8) is 0 Å². The molecule has 0 aromatic rings. The molecule has 2 aliphatic carbocycles. The number of amides is 1. The van der Waals surface area contributed by atoms with E-state index in [2.05, 4.69) is 0 Å². The van der Waals surface area contributed by atoms with Crippen LogP contribution in [0, 0.1) is 17.8 Å². The SMILES string of the molecule is CCCCC(=O)[C@]12COCN1C(=O)C(C(=O)CC1CC3CCC1C3)=C2O. The van der Waals surface area contributed by atoms with Crippen LogP contribution in [0.5, 0.6) is 0 Å². The molecule has 3 unspecified atom stereocenters. The van der Waals surface area contributed by atoms with E-state index < -0.39 is 11.4 Å². The van der Waals surface area contributed by atoms with Gasteiger partial charge in [-0.1, -0.05) is 19.8 Å². The Bertz CT molecular complexity index is 684. The van der Waals surface area contributed by atoms with Gasteiger partial charge in [-0.2, -0.15) is 0 Å². The van der Waals surface area contributed by atoms with E-state index >= 15 is 0 Å². The Morgan fingerprint density at radius 1 is 1.31 bits per heavy atom. The number of aliphatic hydroxyl groups excluding tert-OH is 1. The number of Topliss-reactive ketones (excluding diaryl/α,β-unsaturated/α-hetero) is 2. The first-order valence-electron chi connectivity index (χ1n) is 9.89. The van der Waals surface area contributed by atoms with E-state index in [4.69, 9.17) is 4.74 Å². The van der Waals surface area contributed by atoms with Crippen molar-refractivity contribution in [1.82, 2.24) is 4.90 Å². The minimum Gasteiger partial charge on any atom is -0.508 e. The van der Waals surface area contributed by atoms with Crippen molar-refractivity contribution < 1.29 is 24.2 Å². The van der Waals surface area contributed by atoms with Crippen molar-refractivity contribution in [2.75, 3.05) is 13.3 Å². The van der Waals surface area contributed by atoms with E-state index in [1.54, 1.807) is 0 Å². The molecule has 0 aromatic heterocycles. The first-order chi connectivity index (χ1) is 12.5. The number of ether oxygens (including phenoxy) is 1. The van der Waals surface area contributed by atoms with E-state index in [1.165, 1.54) is 24.2 Å². The van der Waals surface area contributed by atoms with Crippen LogP contribution in [0.25, 0.3) is 0 Å². The third-order valence-corrected chi connectivity index (χ3v) is 6.91. The zero-order chi connectivity index (χ0) is 18.5. The molecule has 142 valence electrons. The number of unbranched alkanes of at least 4 members (excludes halogenated alkanes) is 1. The maximum absolute atomic E-state index is 12.9. The number of aliphatic hydroxyl groups is 1. The molecule has 0 aromatic carbocycles. The van der Waals surface area contributed by atoms with Crippen LogP contribution in [-0.2, 0) is 19.1 Å². The molecule has 2 saturated carbocycles. The lowest BCUT2D eigenvalue weighted by Crippen LogP contribution is -2.52.